The fraction of sp³-hybridized carbons (Fsp3) is 0.136. The molecule has 2 N–H and O–H groups in total. The van der Waals surface area contributed by atoms with Crippen LogP contribution in [0.1, 0.15) is 11.1 Å². The zero-order chi connectivity index (χ0) is 21.3. The van der Waals surface area contributed by atoms with E-state index < -0.39 is 12.0 Å². The van der Waals surface area contributed by atoms with Crippen LogP contribution in [0.2, 0.25) is 5.02 Å². The predicted molar refractivity (Wildman–Crippen MR) is 131 cm³/mol. The van der Waals surface area contributed by atoms with Crippen LogP contribution in [-0.4, -0.2) is 27.1 Å². The number of hydrogen-bond donors (Lipinski definition) is 2. The van der Waals surface area contributed by atoms with Crippen molar-refractivity contribution in [3.05, 3.63) is 73.9 Å². The number of hydrogen-bond acceptors (Lipinski definition) is 5. The van der Waals surface area contributed by atoms with Gasteiger partial charge in [-0.1, -0.05) is 54.1 Å². The van der Waals surface area contributed by atoms with E-state index in [1.54, 1.807) is 11.3 Å². The van der Waals surface area contributed by atoms with E-state index in [1.165, 1.54) is 6.33 Å². The van der Waals surface area contributed by atoms with Crippen LogP contribution in [0.5, 0.6) is 0 Å². The third-order valence-corrected chi connectivity index (χ3v) is 7.37. The van der Waals surface area contributed by atoms with Gasteiger partial charge in [0.25, 0.3) is 0 Å². The number of halogens is 2. The Kier molecular flexibility index (Phi) is 6.21. The van der Waals surface area contributed by atoms with Crippen LogP contribution in [0.15, 0.2) is 54.9 Å². The first-order chi connectivity index (χ1) is 14.5. The topological polar surface area (TPSA) is 75.1 Å². The molecule has 0 fully saturated rings. The van der Waals surface area contributed by atoms with Gasteiger partial charge >= 0.3 is 5.97 Å². The Morgan fingerprint density at radius 1 is 1.20 bits per heavy atom. The highest BCUT2D eigenvalue weighted by molar-refractivity contribution is 14.1. The third kappa shape index (κ3) is 4.14. The van der Waals surface area contributed by atoms with Crippen molar-refractivity contribution in [2.45, 2.75) is 19.4 Å². The molecule has 0 aliphatic heterocycles. The summed E-state index contributed by atoms with van der Waals surface area (Å²) in [6.45, 7) is 1.98. The highest BCUT2D eigenvalue weighted by atomic mass is 127. The molecular weight excluding hydrogens is 533 g/mol. The van der Waals surface area contributed by atoms with Gasteiger partial charge in [-0.15, -0.1) is 11.3 Å². The predicted octanol–water partition coefficient (Wildman–Crippen LogP) is 6.03. The molecule has 5 nitrogen and oxygen atoms in total. The Morgan fingerprint density at radius 2 is 1.97 bits per heavy atom. The molecule has 0 saturated carbocycles. The van der Waals surface area contributed by atoms with Gasteiger partial charge in [0, 0.05) is 17.0 Å². The molecular formula is C22H17ClIN3O2S. The van der Waals surface area contributed by atoms with Crippen molar-refractivity contribution in [2.24, 2.45) is 0 Å². The lowest BCUT2D eigenvalue weighted by Gasteiger charge is -2.17. The number of aromatic nitrogens is 2. The minimum atomic E-state index is -0.934. The van der Waals surface area contributed by atoms with E-state index in [9.17, 15) is 9.90 Å². The molecule has 0 unspecified atom stereocenters. The Hall–Kier alpha value is -2.23. The molecule has 2 aromatic heterocycles. The molecule has 4 rings (SSSR count). The summed E-state index contributed by atoms with van der Waals surface area (Å²) in [4.78, 5) is 21.6. The van der Waals surface area contributed by atoms with Gasteiger partial charge in [-0.25, -0.2) is 14.8 Å². The zero-order valence-electron chi connectivity index (χ0n) is 15.9. The van der Waals surface area contributed by atoms with Gasteiger partial charge in [0.15, 0.2) is 0 Å². The number of aliphatic carboxylic acids is 1. The number of carboxylic acids is 1. The number of carboxylic acid groups (broad SMARTS) is 1. The number of anilines is 1. The molecule has 0 saturated heterocycles. The summed E-state index contributed by atoms with van der Waals surface area (Å²) < 4.78 is 1.05. The maximum Gasteiger partial charge on any atom is 0.326 e. The molecule has 8 heteroatoms. The number of nitrogens with zero attached hydrogens (tertiary/aromatic N) is 2. The van der Waals surface area contributed by atoms with Crippen molar-refractivity contribution in [2.75, 3.05) is 5.32 Å². The maximum absolute atomic E-state index is 12.0. The molecule has 0 aliphatic carbocycles. The smallest absolute Gasteiger partial charge is 0.326 e. The van der Waals surface area contributed by atoms with Gasteiger partial charge in [-0.05, 0) is 52.3 Å². The summed E-state index contributed by atoms with van der Waals surface area (Å²) in [5, 5.41) is 14.5. The van der Waals surface area contributed by atoms with E-state index in [-0.39, 0.29) is 0 Å². The first-order valence-corrected chi connectivity index (χ1v) is 11.4. The fourth-order valence-electron chi connectivity index (χ4n) is 3.35. The zero-order valence-corrected chi connectivity index (χ0v) is 19.6. The molecule has 4 aromatic rings. The molecule has 30 heavy (non-hydrogen) atoms. The van der Waals surface area contributed by atoms with Crippen molar-refractivity contribution in [1.29, 1.82) is 0 Å². The minimum Gasteiger partial charge on any atom is -0.480 e. The molecule has 152 valence electrons. The van der Waals surface area contributed by atoms with Gasteiger partial charge in [0.1, 0.15) is 23.0 Å². The van der Waals surface area contributed by atoms with Gasteiger partial charge in [-0.3, -0.25) is 0 Å². The van der Waals surface area contributed by atoms with Crippen LogP contribution in [0.4, 0.5) is 5.82 Å². The van der Waals surface area contributed by atoms with E-state index >= 15 is 0 Å². The van der Waals surface area contributed by atoms with E-state index in [0.717, 1.165) is 35.4 Å². The summed E-state index contributed by atoms with van der Waals surface area (Å²) >= 11 is 10.2. The average molecular weight is 550 g/mol. The first-order valence-electron chi connectivity index (χ1n) is 9.17. The molecule has 0 amide bonds. The number of carbonyl (C=O) groups is 1. The molecule has 0 spiro atoms. The van der Waals surface area contributed by atoms with Gasteiger partial charge in [-0.2, -0.15) is 0 Å². The van der Waals surface area contributed by atoms with Crippen LogP contribution in [0.25, 0.3) is 21.3 Å². The van der Waals surface area contributed by atoms with Crippen molar-refractivity contribution >= 4 is 67.5 Å². The van der Waals surface area contributed by atoms with E-state index in [0.29, 0.717) is 17.3 Å². The third-order valence-electron chi connectivity index (χ3n) is 4.87. The highest BCUT2D eigenvalue weighted by Gasteiger charge is 2.24. The van der Waals surface area contributed by atoms with Crippen LogP contribution in [0, 0.1) is 9.81 Å². The SMILES string of the molecule is Cc1c(Cl)cccc1-c1c(I)sc2ncnc(N[C@H](Cc3ccccc3)C(=O)O)c12. The van der Waals surface area contributed by atoms with E-state index in [2.05, 4.69) is 37.9 Å². The summed E-state index contributed by atoms with van der Waals surface area (Å²) in [6.07, 6.45) is 1.81. The molecule has 0 radical (unpaired) electrons. The van der Waals surface area contributed by atoms with Gasteiger partial charge in [0.05, 0.1) is 8.27 Å². The van der Waals surface area contributed by atoms with Crippen LogP contribution >= 0.6 is 45.5 Å². The maximum atomic E-state index is 12.0. The largest absolute Gasteiger partial charge is 0.480 e. The Labute approximate surface area is 196 Å². The molecule has 2 aromatic carbocycles. The lowest BCUT2D eigenvalue weighted by molar-refractivity contribution is -0.137. The van der Waals surface area contributed by atoms with Crippen molar-refractivity contribution in [3.8, 4) is 11.1 Å². The number of rotatable bonds is 6. The van der Waals surface area contributed by atoms with Crippen LogP contribution in [-0.2, 0) is 11.2 Å². The number of benzene rings is 2. The monoisotopic (exact) mass is 549 g/mol. The van der Waals surface area contributed by atoms with E-state index in [1.807, 2.05) is 55.5 Å². The van der Waals surface area contributed by atoms with Crippen molar-refractivity contribution in [1.82, 2.24) is 9.97 Å². The second kappa shape index (κ2) is 8.87. The van der Waals surface area contributed by atoms with Crippen LogP contribution in [0.3, 0.4) is 0 Å². The fourth-order valence-corrected chi connectivity index (χ4v) is 5.59. The summed E-state index contributed by atoms with van der Waals surface area (Å²) in [7, 11) is 0. The average Bonchev–Trinajstić information content (AvgIpc) is 3.07. The highest BCUT2D eigenvalue weighted by Crippen LogP contribution is 2.43. The summed E-state index contributed by atoms with van der Waals surface area (Å²) in [6, 6.07) is 14.5. The lowest BCUT2D eigenvalue weighted by atomic mass is 10.0. The minimum absolute atomic E-state index is 0.342. The summed E-state index contributed by atoms with van der Waals surface area (Å²) in [5.41, 5.74) is 3.87. The van der Waals surface area contributed by atoms with Gasteiger partial charge < -0.3 is 10.4 Å². The first kappa shape index (κ1) is 21.0. The number of thiophene rings is 1. The number of nitrogens with one attached hydrogen (secondary N) is 1. The quantitative estimate of drug-likeness (QED) is 0.287. The lowest BCUT2D eigenvalue weighted by Crippen LogP contribution is -2.32. The second-order valence-corrected chi connectivity index (χ2v) is 10.0. The Morgan fingerprint density at radius 3 is 2.70 bits per heavy atom. The molecule has 1 atom stereocenters. The Bertz CT molecular complexity index is 1230. The second-order valence-electron chi connectivity index (χ2n) is 6.79. The Balaban J connectivity index is 1.81. The molecule has 2 heterocycles. The molecule has 0 aliphatic rings. The standard InChI is InChI=1S/C22H17ClIN3O2S/c1-12-14(8-5-9-15(12)23)17-18-20(25-11-26-21(18)30-19(17)24)27-16(22(28)29)10-13-6-3-2-4-7-13/h2-9,11,16H,10H2,1H3,(H,28,29)(H,25,26,27)/t16-/m1/s1. The number of fused-ring (bicyclic) bond motifs is 1. The van der Waals surface area contributed by atoms with E-state index in [4.69, 9.17) is 11.6 Å². The van der Waals surface area contributed by atoms with Crippen LogP contribution < -0.4 is 5.32 Å². The normalized spacial score (nSPS) is 12.1. The molecule has 0 bridgehead atoms. The van der Waals surface area contributed by atoms with Gasteiger partial charge in [0.2, 0.25) is 0 Å². The summed E-state index contributed by atoms with van der Waals surface area (Å²) in [5.74, 6) is -0.423. The van der Waals surface area contributed by atoms with Crippen molar-refractivity contribution < 1.29 is 9.90 Å². The van der Waals surface area contributed by atoms with Crippen molar-refractivity contribution in [3.63, 3.8) is 0 Å².